The fraction of sp³-hybridized carbons (Fsp3) is 0.312. The summed E-state index contributed by atoms with van der Waals surface area (Å²) in [5.74, 6) is 0.659. The first kappa shape index (κ1) is 15.8. The summed E-state index contributed by atoms with van der Waals surface area (Å²) in [5, 5.41) is 12.1. The van der Waals surface area contributed by atoms with Gasteiger partial charge in [-0.05, 0) is 30.2 Å². The molecule has 0 fully saturated rings. The van der Waals surface area contributed by atoms with E-state index in [1.807, 2.05) is 50.2 Å². The van der Waals surface area contributed by atoms with Crippen molar-refractivity contribution in [2.75, 3.05) is 0 Å². The van der Waals surface area contributed by atoms with E-state index in [1.165, 1.54) is 0 Å². The van der Waals surface area contributed by atoms with Crippen LogP contribution < -0.4 is 5.32 Å². The van der Waals surface area contributed by atoms with Gasteiger partial charge in [-0.15, -0.1) is 0 Å². The van der Waals surface area contributed by atoms with Gasteiger partial charge in [0.15, 0.2) is 0 Å². The number of carboxylic acids is 1. The molecule has 2 rings (SSSR count). The second-order valence-corrected chi connectivity index (χ2v) is 6.13. The molecule has 1 atom stereocenters. The molecule has 2 aromatic rings. The molecule has 0 aliphatic carbocycles. The summed E-state index contributed by atoms with van der Waals surface area (Å²) < 4.78 is 6.75. The van der Waals surface area contributed by atoms with Crippen molar-refractivity contribution in [3.8, 4) is 11.3 Å². The van der Waals surface area contributed by atoms with E-state index in [-0.39, 0.29) is 5.92 Å². The summed E-state index contributed by atoms with van der Waals surface area (Å²) in [4.78, 5) is 11.1. The van der Waals surface area contributed by atoms with Crippen LogP contribution in [-0.4, -0.2) is 17.1 Å². The zero-order valence-electron chi connectivity index (χ0n) is 12.0. The molecular weight excluding hydrogens is 334 g/mol. The van der Waals surface area contributed by atoms with Crippen molar-refractivity contribution in [3.63, 3.8) is 0 Å². The lowest BCUT2D eigenvalue weighted by Gasteiger charge is -2.16. The first-order valence-electron chi connectivity index (χ1n) is 6.78. The van der Waals surface area contributed by atoms with Crippen LogP contribution in [0.5, 0.6) is 0 Å². The van der Waals surface area contributed by atoms with E-state index >= 15 is 0 Å². The Morgan fingerprint density at radius 1 is 1.33 bits per heavy atom. The maximum atomic E-state index is 11.1. The summed E-state index contributed by atoms with van der Waals surface area (Å²) >= 11 is 3.43. The Morgan fingerprint density at radius 3 is 2.71 bits per heavy atom. The van der Waals surface area contributed by atoms with Crippen molar-refractivity contribution in [3.05, 3.63) is 46.6 Å². The molecule has 1 unspecified atom stereocenters. The number of furan rings is 1. The van der Waals surface area contributed by atoms with Gasteiger partial charge in [-0.25, -0.2) is 0 Å². The standard InChI is InChI=1S/C16H18BrNO3/c1-10(2)15(16(19)20)18-9-13-6-7-14(21-13)11-4-3-5-12(17)8-11/h3-8,10,15,18H,9H2,1-2H3,(H,19,20). The van der Waals surface area contributed by atoms with Gasteiger partial charge in [-0.3, -0.25) is 10.1 Å². The minimum absolute atomic E-state index is 0.0158. The number of halogens is 1. The predicted molar refractivity (Wildman–Crippen MR) is 84.9 cm³/mol. The van der Waals surface area contributed by atoms with Crippen LogP contribution in [0, 0.1) is 5.92 Å². The number of hydrogen-bond acceptors (Lipinski definition) is 3. The van der Waals surface area contributed by atoms with Gasteiger partial charge < -0.3 is 9.52 Å². The molecule has 0 saturated heterocycles. The molecule has 1 aromatic heterocycles. The van der Waals surface area contributed by atoms with E-state index in [0.717, 1.165) is 21.6 Å². The zero-order valence-corrected chi connectivity index (χ0v) is 13.6. The molecule has 5 heteroatoms. The van der Waals surface area contributed by atoms with Crippen LogP contribution in [0.2, 0.25) is 0 Å². The molecule has 0 amide bonds. The van der Waals surface area contributed by atoms with Crippen LogP contribution in [0.4, 0.5) is 0 Å². The second kappa shape index (κ2) is 6.91. The maximum absolute atomic E-state index is 11.1. The van der Waals surface area contributed by atoms with Crippen molar-refractivity contribution in [1.82, 2.24) is 5.32 Å². The lowest BCUT2D eigenvalue weighted by atomic mass is 10.1. The number of aliphatic carboxylic acids is 1. The lowest BCUT2D eigenvalue weighted by molar-refractivity contribution is -0.140. The molecular formula is C16H18BrNO3. The van der Waals surface area contributed by atoms with Crippen molar-refractivity contribution < 1.29 is 14.3 Å². The summed E-state index contributed by atoms with van der Waals surface area (Å²) in [6.45, 7) is 4.14. The number of nitrogens with one attached hydrogen (secondary N) is 1. The van der Waals surface area contributed by atoms with Gasteiger partial charge in [0.2, 0.25) is 0 Å². The molecule has 21 heavy (non-hydrogen) atoms. The molecule has 1 heterocycles. The highest BCUT2D eigenvalue weighted by Crippen LogP contribution is 2.25. The minimum Gasteiger partial charge on any atom is -0.480 e. The van der Waals surface area contributed by atoms with Crippen LogP contribution in [0.15, 0.2) is 45.3 Å². The van der Waals surface area contributed by atoms with Crippen LogP contribution >= 0.6 is 15.9 Å². The average Bonchev–Trinajstić information content (AvgIpc) is 2.87. The third kappa shape index (κ3) is 4.19. The fourth-order valence-corrected chi connectivity index (χ4v) is 2.49. The fourth-order valence-electron chi connectivity index (χ4n) is 2.09. The topological polar surface area (TPSA) is 62.5 Å². The van der Waals surface area contributed by atoms with E-state index in [9.17, 15) is 4.79 Å². The normalized spacial score (nSPS) is 12.6. The molecule has 0 aliphatic heterocycles. The summed E-state index contributed by atoms with van der Waals surface area (Å²) in [7, 11) is 0. The molecule has 0 aliphatic rings. The third-order valence-electron chi connectivity index (χ3n) is 3.20. The highest BCUT2D eigenvalue weighted by molar-refractivity contribution is 9.10. The van der Waals surface area contributed by atoms with E-state index in [4.69, 9.17) is 9.52 Å². The first-order chi connectivity index (χ1) is 9.97. The molecule has 0 saturated carbocycles. The monoisotopic (exact) mass is 351 g/mol. The zero-order chi connectivity index (χ0) is 15.4. The number of rotatable bonds is 6. The van der Waals surface area contributed by atoms with Crippen molar-refractivity contribution in [2.24, 2.45) is 5.92 Å². The molecule has 2 N–H and O–H groups in total. The average molecular weight is 352 g/mol. The molecule has 0 bridgehead atoms. The smallest absolute Gasteiger partial charge is 0.320 e. The Bertz CT molecular complexity index is 621. The maximum Gasteiger partial charge on any atom is 0.320 e. The Labute approximate surface area is 132 Å². The van der Waals surface area contributed by atoms with Gasteiger partial charge in [-0.1, -0.05) is 41.9 Å². The van der Waals surface area contributed by atoms with E-state index in [0.29, 0.717) is 6.54 Å². The molecule has 0 radical (unpaired) electrons. The lowest BCUT2D eigenvalue weighted by Crippen LogP contribution is -2.40. The Hall–Kier alpha value is -1.59. The first-order valence-corrected chi connectivity index (χ1v) is 7.57. The van der Waals surface area contributed by atoms with Crippen molar-refractivity contribution >= 4 is 21.9 Å². The summed E-state index contributed by atoms with van der Waals surface area (Å²) in [6.07, 6.45) is 0. The van der Waals surface area contributed by atoms with Crippen molar-refractivity contribution in [1.29, 1.82) is 0 Å². The number of benzene rings is 1. The minimum atomic E-state index is -0.844. The van der Waals surface area contributed by atoms with Gasteiger partial charge >= 0.3 is 5.97 Å². The van der Waals surface area contributed by atoms with E-state index in [1.54, 1.807) is 0 Å². The molecule has 1 aromatic carbocycles. The Kier molecular flexibility index (Phi) is 5.20. The van der Waals surface area contributed by atoms with E-state index < -0.39 is 12.0 Å². The Morgan fingerprint density at radius 2 is 2.10 bits per heavy atom. The van der Waals surface area contributed by atoms with Crippen LogP contribution in [0.3, 0.4) is 0 Å². The quantitative estimate of drug-likeness (QED) is 0.828. The van der Waals surface area contributed by atoms with E-state index in [2.05, 4.69) is 21.2 Å². The summed E-state index contributed by atoms with van der Waals surface area (Å²) in [6, 6.07) is 11.0. The summed E-state index contributed by atoms with van der Waals surface area (Å²) in [5.41, 5.74) is 0.981. The van der Waals surface area contributed by atoms with Crippen molar-refractivity contribution in [2.45, 2.75) is 26.4 Å². The van der Waals surface area contributed by atoms with Gasteiger partial charge in [0, 0.05) is 10.0 Å². The molecule has 112 valence electrons. The predicted octanol–water partition coefficient (Wildman–Crippen LogP) is 3.91. The van der Waals surface area contributed by atoms with Gasteiger partial charge in [0.05, 0.1) is 6.54 Å². The Balaban J connectivity index is 2.05. The van der Waals surface area contributed by atoms with Gasteiger partial charge in [0.1, 0.15) is 17.6 Å². The SMILES string of the molecule is CC(C)C(NCc1ccc(-c2cccc(Br)c2)o1)C(=O)O. The number of carboxylic acid groups (broad SMARTS) is 1. The second-order valence-electron chi connectivity index (χ2n) is 5.22. The number of carbonyl (C=O) groups is 1. The third-order valence-corrected chi connectivity index (χ3v) is 3.69. The van der Waals surface area contributed by atoms with Gasteiger partial charge in [-0.2, -0.15) is 0 Å². The number of hydrogen-bond donors (Lipinski definition) is 2. The van der Waals surface area contributed by atoms with Crippen LogP contribution in [0.1, 0.15) is 19.6 Å². The highest BCUT2D eigenvalue weighted by atomic mass is 79.9. The van der Waals surface area contributed by atoms with Crippen LogP contribution in [-0.2, 0) is 11.3 Å². The highest BCUT2D eigenvalue weighted by Gasteiger charge is 2.20. The van der Waals surface area contributed by atoms with Gasteiger partial charge in [0.25, 0.3) is 0 Å². The molecule has 4 nitrogen and oxygen atoms in total. The molecule has 0 spiro atoms. The largest absolute Gasteiger partial charge is 0.480 e. The van der Waals surface area contributed by atoms with Crippen LogP contribution in [0.25, 0.3) is 11.3 Å².